The molecule has 0 saturated carbocycles. The van der Waals surface area contributed by atoms with E-state index in [1.807, 2.05) is 24.3 Å². The number of nitrogens with zero attached hydrogens (tertiary/aromatic N) is 1. The zero-order chi connectivity index (χ0) is 19.2. The molecule has 1 saturated heterocycles. The molecule has 27 heavy (non-hydrogen) atoms. The van der Waals surface area contributed by atoms with Gasteiger partial charge in [0, 0.05) is 30.6 Å². The standard InChI is InChI=1S/C19H23N3O5/c1-26-15-4-6-16(7-5-15)27-12-13-3-2-8-22(11-13)18(24)10-14-9-17(23)20-21-19(14)25/h4-7,9,13H,2-3,8,10-12H2,1H3,(H,20,23)(H,21,25)/t13-/m0/s1. The van der Waals surface area contributed by atoms with E-state index in [0.717, 1.165) is 24.3 Å². The topological polar surface area (TPSA) is 104 Å². The average Bonchev–Trinajstić information content (AvgIpc) is 2.69. The molecule has 2 heterocycles. The molecule has 0 radical (unpaired) electrons. The molecule has 1 fully saturated rings. The summed E-state index contributed by atoms with van der Waals surface area (Å²) in [6, 6.07) is 8.55. The van der Waals surface area contributed by atoms with Gasteiger partial charge >= 0.3 is 0 Å². The summed E-state index contributed by atoms with van der Waals surface area (Å²) in [5.41, 5.74) is -0.693. The highest BCUT2D eigenvalue weighted by Gasteiger charge is 2.24. The SMILES string of the molecule is COc1ccc(OC[C@H]2CCCN(C(=O)Cc3cc(=O)[nH][nH]c3=O)C2)cc1. The summed E-state index contributed by atoms with van der Waals surface area (Å²) in [4.78, 5) is 37.3. The van der Waals surface area contributed by atoms with Gasteiger partial charge in [0.25, 0.3) is 11.1 Å². The Morgan fingerprint density at radius 2 is 1.93 bits per heavy atom. The molecule has 0 bridgehead atoms. The van der Waals surface area contributed by atoms with Crippen molar-refractivity contribution >= 4 is 5.91 Å². The summed E-state index contributed by atoms with van der Waals surface area (Å²) in [6.45, 7) is 1.75. The fourth-order valence-electron chi connectivity index (χ4n) is 3.18. The number of piperidine rings is 1. The van der Waals surface area contributed by atoms with Gasteiger partial charge in [0.2, 0.25) is 5.91 Å². The molecule has 1 atom stereocenters. The molecule has 1 aliphatic rings. The van der Waals surface area contributed by atoms with E-state index < -0.39 is 11.1 Å². The van der Waals surface area contributed by atoms with Crippen molar-refractivity contribution < 1.29 is 14.3 Å². The number of nitrogens with one attached hydrogen (secondary N) is 2. The maximum Gasteiger partial charge on any atom is 0.266 e. The number of likely N-dealkylation sites (tertiary alicyclic amines) is 1. The number of aromatic nitrogens is 2. The van der Waals surface area contributed by atoms with Crippen LogP contribution in [0.25, 0.3) is 0 Å². The van der Waals surface area contributed by atoms with Gasteiger partial charge in [-0.25, -0.2) is 0 Å². The third-order valence-electron chi connectivity index (χ3n) is 4.65. The lowest BCUT2D eigenvalue weighted by atomic mass is 9.98. The minimum absolute atomic E-state index is 0.0781. The normalized spacial score (nSPS) is 16.8. The summed E-state index contributed by atoms with van der Waals surface area (Å²) < 4.78 is 11.0. The molecule has 1 aromatic heterocycles. The molecule has 2 aromatic rings. The zero-order valence-corrected chi connectivity index (χ0v) is 15.2. The van der Waals surface area contributed by atoms with Crippen LogP contribution < -0.4 is 20.6 Å². The molecule has 0 unspecified atom stereocenters. The van der Waals surface area contributed by atoms with Crippen LogP contribution in [0.1, 0.15) is 18.4 Å². The van der Waals surface area contributed by atoms with Crippen molar-refractivity contribution in [3.8, 4) is 11.5 Å². The van der Waals surface area contributed by atoms with Gasteiger partial charge in [0.05, 0.1) is 20.1 Å². The van der Waals surface area contributed by atoms with Crippen LogP contribution in [0.3, 0.4) is 0 Å². The first kappa shape index (κ1) is 18.8. The smallest absolute Gasteiger partial charge is 0.266 e. The van der Waals surface area contributed by atoms with E-state index in [9.17, 15) is 14.4 Å². The highest BCUT2D eigenvalue weighted by molar-refractivity contribution is 5.78. The Morgan fingerprint density at radius 1 is 1.19 bits per heavy atom. The van der Waals surface area contributed by atoms with Crippen LogP contribution in [0.2, 0.25) is 0 Å². The Kier molecular flexibility index (Phi) is 5.95. The summed E-state index contributed by atoms with van der Waals surface area (Å²) in [7, 11) is 1.61. The number of H-pyrrole nitrogens is 2. The molecule has 0 spiro atoms. The van der Waals surface area contributed by atoms with Crippen LogP contribution >= 0.6 is 0 Å². The van der Waals surface area contributed by atoms with Gasteiger partial charge in [0.15, 0.2) is 0 Å². The van der Waals surface area contributed by atoms with Crippen LogP contribution in [0.5, 0.6) is 11.5 Å². The molecular formula is C19H23N3O5. The van der Waals surface area contributed by atoms with Gasteiger partial charge in [-0.3, -0.25) is 24.6 Å². The van der Waals surface area contributed by atoms with Crippen molar-refractivity contribution in [1.82, 2.24) is 15.1 Å². The lowest BCUT2D eigenvalue weighted by Crippen LogP contribution is -2.43. The van der Waals surface area contributed by atoms with Gasteiger partial charge < -0.3 is 14.4 Å². The quantitative estimate of drug-likeness (QED) is 0.784. The second-order valence-corrected chi connectivity index (χ2v) is 6.62. The number of amides is 1. The Bertz CT molecular complexity index is 887. The number of methoxy groups -OCH3 is 1. The molecule has 8 nitrogen and oxygen atoms in total. The Morgan fingerprint density at radius 3 is 2.67 bits per heavy atom. The molecule has 2 N–H and O–H groups in total. The van der Waals surface area contributed by atoms with Crippen LogP contribution in [-0.4, -0.2) is 47.8 Å². The Balaban J connectivity index is 1.55. The van der Waals surface area contributed by atoms with Gasteiger partial charge in [-0.05, 0) is 37.1 Å². The lowest BCUT2D eigenvalue weighted by molar-refractivity contribution is -0.132. The van der Waals surface area contributed by atoms with E-state index in [0.29, 0.717) is 19.7 Å². The van der Waals surface area contributed by atoms with Crippen molar-refractivity contribution in [1.29, 1.82) is 0 Å². The summed E-state index contributed by atoms with van der Waals surface area (Å²) in [5.74, 6) is 1.60. The predicted molar refractivity (Wildman–Crippen MR) is 99.2 cm³/mol. The van der Waals surface area contributed by atoms with Crippen LogP contribution in [-0.2, 0) is 11.2 Å². The van der Waals surface area contributed by atoms with E-state index >= 15 is 0 Å². The van der Waals surface area contributed by atoms with E-state index in [1.54, 1.807) is 12.0 Å². The van der Waals surface area contributed by atoms with Crippen molar-refractivity contribution in [2.75, 3.05) is 26.8 Å². The molecule has 8 heteroatoms. The first-order valence-corrected chi connectivity index (χ1v) is 8.90. The third-order valence-corrected chi connectivity index (χ3v) is 4.65. The average molecular weight is 373 g/mol. The third kappa shape index (κ3) is 4.99. The first-order valence-electron chi connectivity index (χ1n) is 8.90. The lowest BCUT2D eigenvalue weighted by Gasteiger charge is -2.32. The number of rotatable bonds is 6. The maximum absolute atomic E-state index is 12.5. The van der Waals surface area contributed by atoms with Crippen LogP contribution in [0.15, 0.2) is 39.9 Å². The van der Waals surface area contributed by atoms with Crippen LogP contribution in [0.4, 0.5) is 0 Å². The zero-order valence-electron chi connectivity index (χ0n) is 15.2. The van der Waals surface area contributed by atoms with E-state index in [2.05, 4.69) is 10.2 Å². The Labute approximate surface area is 156 Å². The number of carbonyl (C=O) groups excluding carboxylic acids is 1. The van der Waals surface area contributed by atoms with Gasteiger partial charge in [-0.2, -0.15) is 0 Å². The largest absolute Gasteiger partial charge is 0.497 e. The summed E-state index contributed by atoms with van der Waals surface area (Å²) >= 11 is 0. The van der Waals surface area contributed by atoms with Crippen molar-refractivity contribution in [3.05, 3.63) is 56.6 Å². The number of carbonyl (C=O) groups is 1. The van der Waals surface area contributed by atoms with Crippen molar-refractivity contribution in [2.45, 2.75) is 19.3 Å². The minimum Gasteiger partial charge on any atom is -0.497 e. The highest BCUT2D eigenvalue weighted by Crippen LogP contribution is 2.21. The van der Waals surface area contributed by atoms with Gasteiger partial charge in [0.1, 0.15) is 11.5 Å². The number of hydrogen-bond donors (Lipinski definition) is 2. The second kappa shape index (κ2) is 8.57. The van der Waals surface area contributed by atoms with Crippen molar-refractivity contribution in [2.24, 2.45) is 5.92 Å². The monoisotopic (exact) mass is 373 g/mol. The first-order chi connectivity index (χ1) is 13.0. The van der Waals surface area contributed by atoms with Crippen molar-refractivity contribution in [3.63, 3.8) is 0 Å². The molecule has 1 aliphatic heterocycles. The number of benzene rings is 1. The molecular weight excluding hydrogens is 350 g/mol. The number of aromatic amines is 2. The summed E-state index contributed by atoms with van der Waals surface area (Å²) in [5, 5.41) is 4.44. The molecule has 1 amide bonds. The fourth-order valence-corrected chi connectivity index (χ4v) is 3.18. The molecule has 3 rings (SSSR count). The van der Waals surface area contributed by atoms with Crippen LogP contribution in [0, 0.1) is 5.92 Å². The number of hydrogen-bond acceptors (Lipinski definition) is 5. The number of ether oxygens (including phenoxy) is 2. The van der Waals surface area contributed by atoms with Gasteiger partial charge in [-0.15, -0.1) is 0 Å². The van der Waals surface area contributed by atoms with E-state index in [-0.39, 0.29) is 23.8 Å². The summed E-state index contributed by atoms with van der Waals surface area (Å²) in [6.07, 6.45) is 1.78. The Hall–Kier alpha value is -3.03. The van der Waals surface area contributed by atoms with E-state index in [1.165, 1.54) is 6.07 Å². The van der Waals surface area contributed by atoms with E-state index in [4.69, 9.17) is 9.47 Å². The van der Waals surface area contributed by atoms with Gasteiger partial charge in [-0.1, -0.05) is 0 Å². The second-order valence-electron chi connectivity index (χ2n) is 6.62. The fraction of sp³-hybridized carbons (Fsp3) is 0.421. The molecule has 1 aromatic carbocycles. The predicted octanol–water partition coefficient (Wildman–Crippen LogP) is 0.932. The highest BCUT2D eigenvalue weighted by atomic mass is 16.5. The molecule has 144 valence electrons. The maximum atomic E-state index is 12.5. The minimum atomic E-state index is -0.445. The molecule has 0 aliphatic carbocycles.